The first-order valence-corrected chi connectivity index (χ1v) is 7.56. The average molecular weight is 312 g/mol. The molecule has 1 unspecified atom stereocenters. The zero-order valence-corrected chi connectivity index (χ0v) is 13.6. The normalized spacial score (nSPS) is 12.2. The van der Waals surface area contributed by atoms with Gasteiger partial charge >= 0.3 is 0 Å². The predicted octanol–water partition coefficient (Wildman–Crippen LogP) is 4.04. The molecule has 1 aromatic heterocycles. The van der Waals surface area contributed by atoms with E-state index in [0.29, 0.717) is 16.5 Å². The Morgan fingerprint density at radius 1 is 1.15 bits per heavy atom. The van der Waals surface area contributed by atoms with E-state index in [4.69, 9.17) is 21.1 Å². The van der Waals surface area contributed by atoms with E-state index in [2.05, 4.69) is 23.0 Å². The molecule has 0 aliphatic carbocycles. The Hall–Kier alpha value is -1.23. The molecule has 1 aromatic carbocycles. The maximum atomic E-state index is 6.34. The van der Waals surface area contributed by atoms with E-state index in [0.717, 1.165) is 5.56 Å². The molecule has 0 spiro atoms. The Balaban J connectivity index is 2.56. The fourth-order valence-electron chi connectivity index (χ4n) is 2.29. The van der Waals surface area contributed by atoms with Gasteiger partial charge < -0.3 is 14.8 Å². The van der Waals surface area contributed by atoms with Gasteiger partial charge in [-0.15, -0.1) is 0 Å². The Kier molecular flexibility index (Phi) is 4.91. The molecule has 0 saturated heterocycles. The number of aryl methyl sites for hydroxylation is 1. The standard InChI is InChI=1S/C15H18ClNO2S/c1-9-7-20-8-11(9)14(17-2)10-5-6-12(18-3)13(16)15(10)19-4/h5-8,14,17H,1-4H3. The number of nitrogens with one attached hydrogen (secondary N) is 1. The molecular formula is C15H18ClNO2S. The van der Waals surface area contributed by atoms with E-state index in [1.54, 1.807) is 25.6 Å². The Labute approximate surface area is 128 Å². The van der Waals surface area contributed by atoms with Gasteiger partial charge in [-0.1, -0.05) is 11.6 Å². The molecule has 108 valence electrons. The van der Waals surface area contributed by atoms with Crippen LogP contribution in [-0.2, 0) is 0 Å². The second-order valence-corrected chi connectivity index (χ2v) is 5.56. The zero-order valence-electron chi connectivity index (χ0n) is 12.0. The molecule has 0 aliphatic rings. The lowest BCUT2D eigenvalue weighted by molar-refractivity contribution is 0.388. The quantitative estimate of drug-likeness (QED) is 0.904. The van der Waals surface area contributed by atoms with Crippen LogP contribution in [0.5, 0.6) is 11.5 Å². The first-order valence-electron chi connectivity index (χ1n) is 6.24. The maximum absolute atomic E-state index is 6.34. The molecule has 3 nitrogen and oxygen atoms in total. The number of hydrogen-bond acceptors (Lipinski definition) is 4. The fraction of sp³-hybridized carbons (Fsp3) is 0.333. The van der Waals surface area contributed by atoms with Crippen molar-refractivity contribution in [2.24, 2.45) is 0 Å². The molecule has 1 N–H and O–H groups in total. The average Bonchev–Trinajstić information content (AvgIpc) is 2.86. The van der Waals surface area contributed by atoms with Crippen LogP contribution in [0.2, 0.25) is 5.02 Å². The van der Waals surface area contributed by atoms with Crippen LogP contribution in [0.4, 0.5) is 0 Å². The third kappa shape index (κ3) is 2.64. The number of benzene rings is 1. The smallest absolute Gasteiger partial charge is 0.146 e. The summed E-state index contributed by atoms with van der Waals surface area (Å²) in [6.07, 6.45) is 0. The topological polar surface area (TPSA) is 30.5 Å². The first kappa shape index (κ1) is 15.2. The summed E-state index contributed by atoms with van der Waals surface area (Å²) in [5.41, 5.74) is 3.49. The van der Waals surface area contributed by atoms with Crippen molar-refractivity contribution in [3.8, 4) is 11.5 Å². The Morgan fingerprint density at radius 3 is 2.40 bits per heavy atom. The van der Waals surface area contributed by atoms with Crippen LogP contribution in [0, 0.1) is 6.92 Å². The van der Waals surface area contributed by atoms with Crippen molar-refractivity contribution >= 4 is 22.9 Å². The Morgan fingerprint density at radius 2 is 1.90 bits per heavy atom. The highest BCUT2D eigenvalue weighted by Crippen LogP contribution is 2.41. The molecule has 0 radical (unpaired) electrons. The number of hydrogen-bond donors (Lipinski definition) is 1. The summed E-state index contributed by atoms with van der Waals surface area (Å²) in [5.74, 6) is 1.26. The van der Waals surface area contributed by atoms with E-state index in [1.165, 1.54) is 11.1 Å². The van der Waals surface area contributed by atoms with Crippen molar-refractivity contribution in [1.82, 2.24) is 5.32 Å². The Bertz CT molecular complexity index is 598. The van der Waals surface area contributed by atoms with Gasteiger partial charge in [0.2, 0.25) is 0 Å². The van der Waals surface area contributed by atoms with Crippen LogP contribution in [0.1, 0.15) is 22.7 Å². The van der Waals surface area contributed by atoms with Gasteiger partial charge in [-0.05, 0) is 48.0 Å². The SMILES string of the molecule is CNC(c1cscc1C)c1ccc(OC)c(Cl)c1OC. The van der Waals surface area contributed by atoms with E-state index in [1.807, 2.05) is 19.2 Å². The molecule has 1 heterocycles. The van der Waals surface area contributed by atoms with Crippen LogP contribution >= 0.6 is 22.9 Å². The third-order valence-electron chi connectivity index (χ3n) is 3.32. The van der Waals surface area contributed by atoms with Gasteiger partial charge in [-0.2, -0.15) is 11.3 Å². The summed E-state index contributed by atoms with van der Waals surface area (Å²) >= 11 is 8.03. The summed E-state index contributed by atoms with van der Waals surface area (Å²) in [5, 5.41) is 8.11. The maximum Gasteiger partial charge on any atom is 0.146 e. The van der Waals surface area contributed by atoms with Crippen molar-refractivity contribution in [1.29, 1.82) is 0 Å². The monoisotopic (exact) mass is 311 g/mol. The van der Waals surface area contributed by atoms with Crippen molar-refractivity contribution in [3.05, 3.63) is 44.6 Å². The van der Waals surface area contributed by atoms with E-state index < -0.39 is 0 Å². The zero-order chi connectivity index (χ0) is 14.7. The van der Waals surface area contributed by atoms with Gasteiger partial charge in [-0.25, -0.2) is 0 Å². The highest BCUT2D eigenvalue weighted by atomic mass is 35.5. The minimum absolute atomic E-state index is 0.0413. The van der Waals surface area contributed by atoms with Gasteiger partial charge in [0.15, 0.2) is 0 Å². The first-order chi connectivity index (χ1) is 9.63. The van der Waals surface area contributed by atoms with Crippen molar-refractivity contribution < 1.29 is 9.47 Å². The largest absolute Gasteiger partial charge is 0.495 e. The molecule has 2 aromatic rings. The summed E-state index contributed by atoms with van der Waals surface area (Å²) in [4.78, 5) is 0. The van der Waals surface area contributed by atoms with Gasteiger partial charge in [0.05, 0.1) is 20.3 Å². The van der Waals surface area contributed by atoms with Crippen LogP contribution < -0.4 is 14.8 Å². The molecule has 20 heavy (non-hydrogen) atoms. The minimum Gasteiger partial charge on any atom is -0.495 e. The van der Waals surface area contributed by atoms with Crippen LogP contribution in [0.25, 0.3) is 0 Å². The summed E-state index contributed by atoms with van der Waals surface area (Å²) < 4.78 is 10.7. The summed E-state index contributed by atoms with van der Waals surface area (Å²) in [7, 11) is 5.15. The van der Waals surface area contributed by atoms with Crippen LogP contribution in [0.3, 0.4) is 0 Å². The van der Waals surface area contributed by atoms with Crippen LogP contribution in [0.15, 0.2) is 22.9 Å². The number of ether oxygens (including phenoxy) is 2. The molecule has 0 fully saturated rings. The molecule has 2 rings (SSSR count). The van der Waals surface area contributed by atoms with E-state index in [9.17, 15) is 0 Å². The van der Waals surface area contributed by atoms with Crippen molar-refractivity contribution in [2.75, 3.05) is 21.3 Å². The highest BCUT2D eigenvalue weighted by molar-refractivity contribution is 7.08. The molecular weight excluding hydrogens is 294 g/mol. The lowest BCUT2D eigenvalue weighted by Gasteiger charge is -2.21. The fourth-order valence-corrected chi connectivity index (χ4v) is 3.49. The lowest BCUT2D eigenvalue weighted by Crippen LogP contribution is -2.18. The molecule has 1 atom stereocenters. The summed E-state index contributed by atoms with van der Waals surface area (Å²) in [6, 6.07) is 3.90. The van der Waals surface area contributed by atoms with Crippen LogP contribution in [-0.4, -0.2) is 21.3 Å². The van der Waals surface area contributed by atoms with E-state index >= 15 is 0 Å². The lowest BCUT2D eigenvalue weighted by atomic mass is 9.97. The molecule has 0 saturated carbocycles. The number of halogens is 1. The molecule has 0 aliphatic heterocycles. The number of rotatable bonds is 5. The summed E-state index contributed by atoms with van der Waals surface area (Å²) in [6.45, 7) is 2.10. The van der Waals surface area contributed by atoms with Crippen molar-refractivity contribution in [2.45, 2.75) is 13.0 Å². The predicted molar refractivity (Wildman–Crippen MR) is 84.5 cm³/mol. The highest BCUT2D eigenvalue weighted by Gasteiger charge is 2.22. The number of methoxy groups -OCH3 is 2. The minimum atomic E-state index is 0.0413. The second-order valence-electron chi connectivity index (χ2n) is 4.44. The van der Waals surface area contributed by atoms with Gasteiger partial charge in [0, 0.05) is 5.56 Å². The number of thiophene rings is 1. The van der Waals surface area contributed by atoms with Crippen molar-refractivity contribution in [3.63, 3.8) is 0 Å². The third-order valence-corrected chi connectivity index (χ3v) is 4.56. The second kappa shape index (κ2) is 6.48. The van der Waals surface area contributed by atoms with Gasteiger partial charge in [-0.3, -0.25) is 0 Å². The van der Waals surface area contributed by atoms with Gasteiger partial charge in [0.1, 0.15) is 16.5 Å². The van der Waals surface area contributed by atoms with E-state index in [-0.39, 0.29) is 6.04 Å². The van der Waals surface area contributed by atoms with Gasteiger partial charge in [0.25, 0.3) is 0 Å². The molecule has 0 amide bonds. The molecule has 0 bridgehead atoms. The molecule has 5 heteroatoms.